The number of aromatic nitrogens is 1. The summed E-state index contributed by atoms with van der Waals surface area (Å²) >= 11 is 1.01. The Morgan fingerprint density at radius 2 is 1.88 bits per heavy atom. The Labute approximate surface area is 144 Å². The van der Waals surface area contributed by atoms with E-state index < -0.39 is 6.36 Å². The molecule has 0 unspecified atom stereocenters. The average molecular weight is 365 g/mol. The van der Waals surface area contributed by atoms with Crippen molar-refractivity contribution in [2.75, 3.05) is 0 Å². The number of amides is 1. The topological polar surface area (TPSA) is 75.1 Å². The number of pyridine rings is 1. The van der Waals surface area contributed by atoms with Gasteiger partial charge < -0.3 is 10.1 Å². The normalized spacial score (nSPS) is 16.2. The van der Waals surface area contributed by atoms with E-state index in [1.165, 1.54) is 24.3 Å². The summed E-state index contributed by atoms with van der Waals surface area (Å²) in [5.74, 6) is -0.658. The molecule has 0 radical (unpaired) electrons. The third-order valence-corrected chi connectivity index (χ3v) is 3.97. The van der Waals surface area contributed by atoms with Crippen LogP contribution < -0.4 is 10.1 Å². The lowest BCUT2D eigenvalue weighted by atomic mass is 10.1. The molecule has 1 aromatic heterocycles. The summed E-state index contributed by atoms with van der Waals surface area (Å²) in [6.45, 7) is 0. The Kier molecular flexibility index (Phi) is 4.49. The van der Waals surface area contributed by atoms with Crippen molar-refractivity contribution in [1.82, 2.24) is 10.3 Å². The number of rotatable bonds is 3. The highest BCUT2D eigenvalue weighted by Gasteiger charge is 2.31. The van der Waals surface area contributed by atoms with E-state index in [-0.39, 0.29) is 16.8 Å². The Balaban J connectivity index is 1.83. The third-order valence-electron chi connectivity index (χ3n) is 3.14. The minimum atomic E-state index is -4.73. The fourth-order valence-corrected chi connectivity index (χ4v) is 2.84. The number of halogens is 3. The van der Waals surface area contributed by atoms with Crippen molar-refractivity contribution in [3.8, 4) is 16.9 Å². The summed E-state index contributed by atoms with van der Waals surface area (Å²) in [7, 11) is 0. The molecule has 1 fully saturated rings. The maximum absolute atomic E-state index is 12.2. The highest BCUT2D eigenvalue weighted by molar-refractivity contribution is 8.18. The molecule has 9 heteroatoms. The summed E-state index contributed by atoms with van der Waals surface area (Å²) < 4.78 is 40.4. The van der Waals surface area contributed by atoms with Crippen molar-refractivity contribution in [1.29, 1.82) is 5.41 Å². The number of nitrogens with one attached hydrogen (secondary N) is 2. The zero-order chi connectivity index (χ0) is 18.0. The first kappa shape index (κ1) is 17.0. The number of amidine groups is 1. The number of hydrogen-bond acceptors (Lipinski definition) is 5. The van der Waals surface area contributed by atoms with Gasteiger partial charge in [0.25, 0.3) is 5.91 Å². The molecule has 0 atom stereocenters. The van der Waals surface area contributed by atoms with Gasteiger partial charge in [-0.25, -0.2) is 0 Å². The SMILES string of the molecule is N=C1NC(=O)/C(=C/c2cncc(-c3ccc(OC(F)(F)F)cc3)c2)S1. The van der Waals surface area contributed by atoms with E-state index in [4.69, 9.17) is 5.41 Å². The number of nitrogens with zero attached hydrogens (tertiary/aromatic N) is 1. The molecular formula is C16H10F3N3O2S. The van der Waals surface area contributed by atoms with Crippen LogP contribution in [0.4, 0.5) is 13.2 Å². The van der Waals surface area contributed by atoms with Gasteiger partial charge in [0.05, 0.1) is 4.91 Å². The molecule has 2 N–H and O–H groups in total. The first-order chi connectivity index (χ1) is 11.8. The van der Waals surface area contributed by atoms with Crippen LogP contribution in [0.2, 0.25) is 0 Å². The molecule has 2 heterocycles. The lowest BCUT2D eigenvalue weighted by Crippen LogP contribution is -2.18. The van der Waals surface area contributed by atoms with Crippen LogP contribution in [-0.2, 0) is 4.79 Å². The molecule has 2 aromatic rings. The van der Waals surface area contributed by atoms with E-state index in [1.54, 1.807) is 24.5 Å². The van der Waals surface area contributed by atoms with Crippen LogP contribution in [0.15, 0.2) is 47.6 Å². The van der Waals surface area contributed by atoms with E-state index in [0.29, 0.717) is 21.6 Å². The minimum Gasteiger partial charge on any atom is -0.406 e. The molecule has 1 aliphatic rings. The first-order valence-electron chi connectivity index (χ1n) is 6.91. The summed E-state index contributed by atoms with van der Waals surface area (Å²) in [5, 5.41) is 9.84. The van der Waals surface area contributed by atoms with Gasteiger partial charge in [0, 0.05) is 18.0 Å². The number of carbonyl (C=O) groups excluding carboxylic acids is 1. The van der Waals surface area contributed by atoms with Crippen LogP contribution >= 0.6 is 11.8 Å². The molecule has 0 saturated carbocycles. The van der Waals surface area contributed by atoms with E-state index in [1.807, 2.05) is 0 Å². The predicted octanol–water partition coefficient (Wildman–Crippen LogP) is 3.79. The Morgan fingerprint density at radius 3 is 2.48 bits per heavy atom. The van der Waals surface area contributed by atoms with Gasteiger partial charge in [-0.1, -0.05) is 12.1 Å². The van der Waals surface area contributed by atoms with Crippen LogP contribution in [0.1, 0.15) is 5.56 Å². The van der Waals surface area contributed by atoms with Gasteiger partial charge in [-0.3, -0.25) is 15.2 Å². The molecule has 128 valence electrons. The van der Waals surface area contributed by atoms with Gasteiger partial charge >= 0.3 is 6.36 Å². The molecule has 1 aliphatic heterocycles. The molecule has 0 aliphatic carbocycles. The molecule has 3 rings (SSSR count). The largest absolute Gasteiger partial charge is 0.573 e. The molecule has 5 nitrogen and oxygen atoms in total. The maximum Gasteiger partial charge on any atom is 0.573 e. The fourth-order valence-electron chi connectivity index (χ4n) is 2.14. The van der Waals surface area contributed by atoms with Gasteiger partial charge in [-0.15, -0.1) is 13.2 Å². The smallest absolute Gasteiger partial charge is 0.406 e. The Hall–Kier alpha value is -2.81. The van der Waals surface area contributed by atoms with Crippen LogP contribution in [-0.4, -0.2) is 22.4 Å². The highest BCUT2D eigenvalue weighted by Crippen LogP contribution is 2.28. The highest BCUT2D eigenvalue weighted by atomic mass is 32.2. The van der Waals surface area contributed by atoms with Crippen molar-refractivity contribution < 1.29 is 22.7 Å². The molecule has 1 aromatic carbocycles. The van der Waals surface area contributed by atoms with E-state index in [0.717, 1.165) is 11.8 Å². The summed E-state index contributed by atoms with van der Waals surface area (Å²) in [6.07, 6.45) is -0.0273. The summed E-state index contributed by atoms with van der Waals surface area (Å²) in [4.78, 5) is 16.1. The monoisotopic (exact) mass is 365 g/mol. The van der Waals surface area contributed by atoms with E-state index >= 15 is 0 Å². The standard InChI is InChI=1S/C16H10F3N3O2S/c17-16(18,19)24-12-3-1-10(2-4-12)11-5-9(7-21-8-11)6-13-14(23)22-15(20)25-13/h1-8H,(H2,20,22,23)/b13-6-. The molecular weight excluding hydrogens is 355 g/mol. The number of hydrogen-bond donors (Lipinski definition) is 2. The van der Waals surface area contributed by atoms with Crippen molar-refractivity contribution >= 4 is 28.9 Å². The Bertz CT molecular complexity index is 864. The lowest BCUT2D eigenvalue weighted by Gasteiger charge is -2.09. The van der Waals surface area contributed by atoms with Crippen molar-refractivity contribution in [2.45, 2.75) is 6.36 Å². The molecule has 25 heavy (non-hydrogen) atoms. The van der Waals surface area contributed by atoms with Gasteiger partial charge in [0.15, 0.2) is 5.17 Å². The predicted molar refractivity (Wildman–Crippen MR) is 87.8 cm³/mol. The minimum absolute atomic E-state index is 0.0561. The van der Waals surface area contributed by atoms with Crippen LogP contribution in [0.25, 0.3) is 17.2 Å². The van der Waals surface area contributed by atoms with Crippen molar-refractivity contribution in [3.05, 3.63) is 53.2 Å². The Morgan fingerprint density at radius 1 is 1.16 bits per heavy atom. The fraction of sp³-hybridized carbons (Fsp3) is 0.0625. The van der Waals surface area contributed by atoms with Crippen molar-refractivity contribution in [2.24, 2.45) is 0 Å². The lowest BCUT2D eigenvalue weighted by molar-refractivity contribution is -0.274. The van der Waals surface area contributed by atoms with Gasteiger partial charge in [0.2, 0.25) is 0 Å². The zero-order valence-corrected chi connectivity index (χ0v) is 13.2. The average Bonchev–Trinajstić information content (AvgIpc) is 2.84. The second-order valence-corrected chi connectivity index (χ2v) is 6.03. The molecule has 0 spiro atoms. The zero-order valence-electron chi connectivity index (χ0n) is 12.4. The van der Waals surface area contributed by atoms with Crippen LogP contribution in [0, 0.1) is 5.41 Å². The maximum atomic E-state index is 12.2. The van der Waals surface area contributed by atoms with Crippen molar-refractivity contribution in [3.63, 3.8) is 0 Å². The number of benzene rings is 1. The summed E-state index contributed by atoms with van der Waals surface area (Å²) in [5.41, 5.74) is 1.96. The van der Waals surface area contributed by atoms with E-state index in [2.05, 4.69) is 15.0 Å². The van der Waals surface area contributed by atoms with E-state index in [9.17, 15) is 18.0 Å². The third kappa shape index (κ3) is 4.38. The van der Waals surface area contributed by atoms with Gasteiger partial charge in [0.1, 0.15) is 5.75 Å². The van der Waals surface area contributed by atoms with Crippen LogP contribution in [0.3, 0.4) is 0 Å². The second-order valence-electron chi connectivity index (χ2n) is 4.97. The number of carbonyl (C=O) groups is 1. The van der Waals surface area contributed by atoms with Gasteiger partial charge in [-0.2, -0.15) is 0 Å². The number of thioether (sulfide) groups is 1. The number of alkyl halides is 3. The second kappa shape index (κ2) is 6.60. The van der Waals surface area contributed by atoms with Crippen LogP contribution in [0.5, 0.6) is 5.75 Å². The molecule has 0 bridgehead atoms. The van der Waals surface area contributed by atoms with Gasteiger partial charge in [-0.05, 0) is 47.2 Å². The first-order valence-corrected chi connectivity index (χ1v) is 7.72. The molecule has 1 amide bonds. The summed E-state index contributed by atoms with van der Waals surface area (Å²) in [6, 6.07) is 7.16. The molecule has 1 saturated heterocycles. The number of ether oxygens (including phenoxy) is 1. The quantitative estimate of drug-likeness (QED) is 0.812.